The number of rotatable bonds is 5. The number of para-hydroxylation sites is 1. The number of nitrogens with zero attached hydrogens (tertiary/aromatic N) is 2. The highest BCUT2D eigenvalue weighted by Gasteiger charge is 2.17. The highest BCUT2D eigenvalue weighted by Crippen LogP contribution is 2.31. The Morgan fingerprint density at radius 3 is 2.63 bits per heavy atom. The molecular weight excluding hydrogens is 386 g/mol. The van der Waals surface area contributed by atoms with E-state index in [1.807, 2.05) is 12.1 Å². The van der Waals surface area contributed by atoms with E-state index in [4.69, 9.17) is 4.42 Å². The summed E-state index contributed by atoms with van der Waals surface area (Å²) >= 11 is 0. The van der Waals surface area contributed by atoms with Crippen LogP contribution in [0, 0.1) is 10.1 Å². The number of carbonyl (C=O) groups excluding carboxylic acids is 1. The molecule has 1 amide bonds. The molecule has 3 aromatic carbocycles. The van der Waals surface area contributed by atoms with E-state index in [9.17, 15) is 20.0 Å². The number of furan rings is 1. The van der Waals surface area contributed by atoms with Crippen molar-refractivity contribution in [1.82, 2.24) is 5.43 Å². The number of aromatic hydroxyl groups is 1. The molecule has 0 aliphatic heterocycles. The van der Waals surface area contributed by atoms with E-state index in [0.29, 0.717) is 22.5 Å². The standard InChI is InChI=1S/C22H15N3O5/c26-21-16-6-2-1-5-14(16)9-11-18(21)22(27)24-23-13-15-10-12-20(30-15)17-7-3-4-8-19(17)25(28)29/h1-13,26H,(H,24,27)/b23-13+. The van der Waals surface area contributed by atoms with Gasteiger partial charge in [-0.3, -0.25) is 14.9 Å². The van der Waals surface area contributed by atoms with Gasteiger partial charge in [0.2, 0.25) is 0 Å². The fraction of sp³-hybridized carbons (Fsp3) is 0. The van der Waals surface area contributed by atoms with Crippen molar-refractivity contribution in [3.63, 3.8) is 0 Å². The summed E-state index contributed by atoms with van der Waals surface area (Å²) in [7, 11) is 0. The van der Waals surface area contributed by atoms with Gasteiger partial charge < -0.3 is 9.52 Å². The second-order valence-electron chi connectivity index (χ2n) is 6.36. The third-order valence-corrected chi connectivity index (χ3v) is 4.50. The lowest BCUT2D eigenvalue weighted by Crippen LogP contribution is -2.17. The van der Waals surface area contributed by atoms with Crippen LogP contribution < -0.4 is 5.43 Å². The highest BCUT2D eigenvalue weighted by molar-refractivity contribution is 6.03. The molecule has 0 unspecified atom stereocenters. The second-order valence-corrected chi connectivity index (χ2v) is 6.36. The molecule has 4 aromatic rings. The molecule has 4 rings (SSSR count). The van der Waals surface area contributed by atoms with Crippen LogP contribution in [0.15, 0.2) is 82.3 Å². The summed E-state index contributed by atoms with van der Waals surface area (Å²) in [6.45, 7) is 0. The van der Waals surface area contributed by atoms with Crippen LogP contribution in [-0.4, -0.2) is 22.2 Å². The van der Waals surface area contributed by atoms with E-state index in [1.54, 1.807) is 48.5 Å². The molecule has 8 nitrogen and oxygen atoms in total. The Hall–Kier alpha value is -4.46. The third kappa shape index (κ3) is 3.61. The average molecular weight is 401 g/mol. The third-order valence-electron chi connectivity index (χ3n) is 4.50. The van der Waals surface area contributed by atoms with Crippen molar-refractivity contribution in [2.75, 3.05) is 0 Å². The minimum atomic E-state index is -0.583. The van der Waals surface area contributed by atoms with Gasteiger partial charge in [-0.1, -0.05) is 42.5 Å². The Labute approximate surface area is 170 Å². The number of phenolic OH excluding ortho intramolecular Hbond substituents is 1. The molecule has 0 atom stereocenters. The molecule has 0 radical (unpaired) electrons. The Morgan fingerprint density at radius 1 is 1.03 bits per heavy atom. The molecule has 0 saturated carbocycles. The van der Waals surface area contributed by atoms with Gasteiger partial charge in [0.05, 0.1) is 22.3 Å². The Kier molecular flexibility index (Phi) is 4.96. The van der Waals surface area contributed by atoms with Gasteiger partial charge in [0.15, 0.2) is 0 Å². The fourth-order valence-corrected chi connectivity index (χ4v) is 3.06. The van der Waals surface area contributed by atoms with E-state index in [0.717, 1.165) is 5.39 Å². The van der Waals surface area contributed by atoms with Gasteiger partial charge >= 0.3 is 0 Å². The van der Waals surface area contributed by atoms with E-state index in [-0.39, 0.29) is 17.0 Å². The number of carbonyl (C=O) groups is 1. The molecule has 2 N–H and O–H groups in total. The second kappa shape index (κ2) is 7.88. The predicted molar refractivity (Wildman–Crippen MR) is 111 cm³/mol. The first kappa shape index (κ1) is 18.9. The number of fused-ring (bicyclic) bond motifs is 1. The average Bonchev–Trinajstić information content (AvgIpc) is 3.23. The SMILES string of the molecule is O=C(N/N=C/c1ccc(-c2ccccc2[N+](=O)[O-])o1)c1ccc2ccccc2c1O. The molecule has 0 bridgehead atoms. The number of nitro benzene ring substituents is 1. The van der Waals surface area contributed by atoms with Crippen molar-refractivity contribution in [2.24, 2.45) is 5.10 Å². The van der Waals surface area contributed by atoms with E-state index in [2.05, 4.69) is 10.5 Å². The van der Waals surface area contributed by atoms with Crippen molar-refractivity contribution in [3.05, 3.63) is 94.2 Å². The molecule has 0 aliphatic carbocycles. The lowest BCUT2D eigenvalue weighted by Gasteiger charge is -2.06. The lowest BCUT2D eigenvalue weighted by atomic mass is 10.1. The molecule has 148 valence electrons. The maximum Gasteiger partial charge on any atom is 0.280 e. The molecular formula is C22H15N3O5. The Bertz CT molecular complexity index is 1290. The van der Waals surface area contributed by atoms with Crippen LogP contribution in [0.3, 0.4) is 0 Å². The number of phenols is 1. The minimum Gasteiger partial charge on any atom is -0.506 e. The summed E-state index contributed by atoms with van der Waals surface area (Å²) in [4.78, 5) is 23.0. The zero-order valence-corrected chi connectivity index (χ0v) is 15.5. The van der Waals surface area contributed by atoms with Crippen molar-refractivity contribution >= 4 is 28.6 Å². The maximum absolute atomic E-state index is 12.4. The molecule has 0 fully saturated rings. The van der Waals surface area contributed by atoms with Crippen molar-refractivity contribution in [3.8, 4) is 17.1 Å². The summed E-state index contributed by atoms with van der Waals surface area (Å²) in [5.41, 5.74) is 2.69. The molecule has 0 spiro atoms. The number of hydrazone groups is 1. The summed E-state index contributed by atoms with van der Waals surface area (Å²) in [6, 6.07) is 19.8. The van der Waals surface area contributed by atoms with Crippen LogP contribution in [0.4, 0.5) is 5.69 Å². The molecule has 0 aliphatic rings. The summed E-state index contributed by atoms with van der Waals surface area (Å²) in [5.74, 6) is -0.106. The number of amides is 1. The Morgan fingerprint density at radius 2 is 1.80 bits per heavy atom. The van der Waals surface area contributed by atoms with Crippen LogP contribution >= 0.6 is 0 Å². The van der Waals surface area contributed by atoms with Crippen LogP contribution in [0.25, 0.3) is 22.1 Å². The van der Waals surface area contributed by atoms with Gasteiger partial charge in [-0.15, -0.1) is 0 Å². The number of hydrogen-bond acceptors (Lipinski definition) is 6. The summed E-state index contributed by atoms with van der Waals surface area (Å²) in [5, 5.41) is 26.7. The number of nitro groups is 1. The zero-order chi connectivity index (χ0) is 21.1. The van der Waals surface area contributed by atoms with Gasteiger partial charge in [0.25, 0.3) is 11.6 Å². The van der Waals surface area contributed by atoms with Gasteiger partial charge in [0.1, 0.15) is 17.3 Å². The molecule has 0 saturated heterocycles. The number of nitrogens with one attached hydrogen (secondary N) is 1. The smallest absolute Gasteiger partial charge is 0.280 e. The number of hydrogen-bond donors (Lipinski definition) is 2. The lowest BCUT2D eigenvalue weighted by molar-refractivity contribution is -0.384. The first-order valence-corrected chi connectivity index (χ1v) is 8.92. The van der Waals surface area contributed by atoms with Crippen molar-refractivity contribution in [2.45, 2.75) is 0 Å². The van der Waals surface area contributed by atoms with Gasteiger partial charge in [0, 0.05) is 11.5 Å². The topological polar surface area (TPSA) is 118 Å². The van der Waals surface area contributed by atoms with Crippen LogP contribution in [0.1, 0.15) is 16.1 Å². The number of benzene rings is 3. The molecule has 1 aromatic heterocycles. The van der Waals surface area contributed by atoms with Gasteiger partial charge in [-0.05, 0) is 29.7 Å². The van der Waals surface area contributed by atoms with E-state index in [1.165, 1.54) is 18.3 Å². The highest BCUT2D eigenvalue weighted by atomic mass is 16.6. The van der Waals surface area contributed by atoms with Gasteiger partial charge in [-0.25, -0.2) is 5.43 Å². The first-order valence-electron chi connectivity index (χ1n) is 8.92. The Balaban J connectivity index is 1.50. The normalized spacial score (nSPS) is 11.1. The predicted octanol–water partition coefficient (Wildman–Crippen LogP) is 4.48. The molecule has 1 heterocycles. The molecule has 30 heavy (non-hydrogen) atoms. The zero-order valence-electron chi connectivity index (χ0n) is 15.5. The maximum atomic E-state index is 12.4. The van der Waals surface area contributed by atoms with Crippen molar-refractivity contribution in [1.29, 1.82) is 0 Å². The van der Waals surface area contributed by atoms with Crippen LogP contribution in [0.5, 0.6) is 5.75 Å². The summed E-state index contributed by atoms with van der Waals surface area (Å²) in [6.07, 6.45) is 1.27. The van der Waals surface area contributed by atoms with Crippen LogP contribution in [-0.2, 0) is 0 Å². The first-order chi connectivity index (χ1) is 14.5. The van der Waals surface area contributed by atoms with Gasteiger partial charge in [-0.2, -0.15) is 5.10 Å². The van der Waals surface area contributed by atoms with Crippen LogP contribution in [0.2, 0.25) is 0 Å². The summed E-state index contributed by atoms with van der Waals surface area (Å²) < 4.78 is 5.58. The van der Waals surface area contributed by atoms with E-state index >= 15 is 0 Å². The monoisotopic (exact) mass is 401 g/mol. The largest absolute Gasteiger partial charge is 0.506 e. The van der Waals surface area contributed by atoms with Crippen molar-refractivity contribution < 1.29 is 19.2 Å². The fourth-order valence-electron chi connectivity index (χ4n) is 3.06. The minimum absolute atomic E-state index is 0.0737. The quantitative estimate of drug-likeness (QED) is 0.290. The van der Waals surface area contributed by atoms with E-state index < -0.39 is 10.8 Å². The molecule has 8 heteroatoms.